The molecule has 0 amide bonds. The molecule has 0 saturated heterocycles. The van der Waals surface area contributed by atoms with Gasteiger partial charge in [-0.25, -0.2) is 0 Å². The zero-order chi connectivity index (χ0) is 9.03. The van der Waals surface area contributed by atoms with E-state index >= 15 is 0 Å². The predicted molar refractivity (Wildman–Crippen MR) is 53.6 cm³/mol. The van der Waals surface area contributed by atoms with Crippen LogP contribution >= 0.6 is 0 Å². The van der Waals surface area contributed by atoms with Crippen molar-refractivity contribution in [1.82, 2.24) is 5.32 Å². The summed E-state index contributed by atoms with van der Waals surface area (Å²) in [5.74, 6) is 1.03. The molecular weight excluding hydrogens is 148 g/mol. The van der Waals surface area contributed by atoms with Crippen molar-refractivity contribution < 1.29 is 0 Å². The number of hydrogen-bond acceptors (Lipinski definition) is 2. The average Bonchev–Trinajstić information content (AvgIpc) is 2.11. The second-order valence-electron chi connectivity index (χ2n) is 3.88. The van der Waals surface area contributed by atoms with Crippen LogP contribution in [0.4, 0.5) is 0 Å². The zero-order valence-corrected chi connectivity index (χ0v) is 8.22. The van der Waals surface area contributed by atoms with Gasteiger partial charge in [0.25, 0.3) is 0 Å². The van der Waals surface area contributed by atoms with E-state index in [1.165, 1.54) is 12.8 Å². The highest BCUT2D eigenvalue weighted by atomic mass is 15.1. The molecule has 68 valence electrons. The van der Waals surface area contributed by atoms with E-state index in [4.69, 9.17) is 0 Å². The van der Waals surface area contributed by atoms with Gasteiger partial charge in [0, 0.05) is 12.1 Å². The summed E-state index contributed by atoms with van der Waals surface area (Å²) < 4.78 is 0. The Kier molecular flexibility index (Phi) is 2.90. The first kappa shape index (κ1) is 9.30. The van der Waals surface area contributed by atoms with Crippen molar-refractivity contribution in [3.8, 4) is 0 Å². The minimum atomic E-state index is 0.203. The van der Waals surface area contributed by atoms with Gasteiger partial charge < -0.3 is 5.32 Å². The van der Waals surface area contributed by atoms with Crippen LogP contribution in [-0.2, 0) is 0 Å². The Labute approximate surface area is 74.8 Å². The maximum atomic E-state index is 4.43. The van der Waals surface area contributed by atoms with Crippen molar-refractivity contribution >= 4 is 5.84 Å². The smallest absolute Gasteiger partial charge is 0.120 e. The maximum absolute atomic E-state index is 4.43. The Morgan fingerprint density at radius 3 is 2.92 bits per heavy atom. The van der Waals surface area contributed by atoms with E-state index in [0.717, 1.165) is 12.4 Å². The quantitative estimate of drug-likeness (QED) is 0.634. The molecular formula is C10H18N2. The summed E-state index contributed by atoms with van der Waals surface area (Å²) in [6.45, 7) is 7.41. The van der Waals surface area contributed by atoms with Crippen LogP contribution < -0.4 is 5.32 Å². The Morgan fingerprint density at radius 2 is 2.25 bits per heavy atom. The van der Waals surface area contributed by atoms with Crippen LogP contribution in [0.25, 0.3) is 0 Å². The summed E-state index contributed by atoms with van der Waals surface area (Å²) in [6.07, 6.45) is 6.43. The maximum Gasteiger partial charge on any atom is 0.120 e. The first-order chi connectivity index (χ1) is 5.64. The van der Waals surface area contributed by atoms with Crippen molar-refractivity contribution in [2.75, 3.05) is 6.54 Å². The van der Waals surface area contributed by atoms with Crippen LogP contribution in [-0.4, -0.2) is 17.9 Å². The fraction of sp³-hybridized carbons (Fsp3) is 0.700. The van der Waals surface area contributed by atoms with Gasteiger partial charge in [-0.1, -0.05) is 6.08 Å². The van der Waals surface area contributed by atoms with Gasteiger partial charge in [-0.15, -0.1) is 0 Å². The highest BCUT2D eigenvalue weighted by Crippen LogP contribution is 2.14. The van der Waals surface area contributed by atoms with E-state index in [2.05, 4.69) is 24.2 Å². The van der Waals surface area contributed by atoms with Crippen LogP contribution in [0.2, 0.25) is 0 Å². The Hall–Kier alpha value is -0.790. The Bertz CT molecular complexity index is 202. The number of amidine groups is 1. The van der Waals surface area contributed by atoms with Gasteiger partial charge in [-0.2, -0.15) is 0 Å². The first-order valence-electron chi connectivity index (χ1n) is 4.59. The molecule has 2 heteroatoms. The normalized spacial score (nSPS) is 23.1. The standard InChI is InChI=1S/C10H18N2/c1-4-6-9-11-8-5-7-10(2,3)12-9/h4,6H,5,7-8H2,1-3H3,(H,11,12)/b6-4-. The summed E-state index contributed by atoms with van der Waals surface area (Å²) >= 11 is 0. The van der Waals surface area contributed by atoms with E-state index in [9.17, 15) is 0 Å². The highest BCUT2D eigenvalue weighted by molar-refractivity contribution is 5.93. The lowest BCUT2D eigenvalue weighted by Crippen LogP contribution is -2.41. The molecule has 0 saturated carbocycles. The molecule has 0 aromatic heterocycles. The second-order valence-corrected chi connectivity index (χ2v) is 3.88. The molecule has 1 N–H and O–H groups in total. The van der Waals surface area contributed by atoms with Crippen LogP contribution in [0, 0.1) is 0 Å². The van der Waals surface area contributed by atoms with Gasteiger partial charge in [0.05, 0.1) is 0 Å². The van der Waals surface area contributed by atoms with Gasteiger partial charge >= 0.3 is 0 Å². The lowest BCUT2D eigenvalue weighted by molar-refractivity contribution is 0.426. The number of nitrogens with zero attached hydrogens (tertiary/aromatic N) is 1. The first-order valence-corrected chi connectivity index (χ1v) is 4.59. The van der Waals surface area contributed by atoms with Crippen LogP contribution in [0.15, 0.2) is 17.1 Å². The number of nitrogens with one attached hydrogen (secondary N) is 1. The van der Waals surface area contributed by atoms with Crippen molar-refractivity contribution in [1.29, 1.82) is 0 Å². The molecule has 0 bridgehead atoms. The zero-order valence-electron chi connectivity index (χ0n) is 8.22. The topological polar surface area (TPSA) is 24.4 Å². The van der Waals surface area contributed by atoms with E-state index in [1.807, 2.05) is 19.1 Å². The predicted octanol–water partition coefficient (Wildman–Crippen LogP) is 2.12. The lowest BCUT2D eigenvalue weighted by atomic mass is 9.99. The summed E-state index contributed by atoms with van der Waals surface area (Å²) in [4.78, 5) is 4.43. The van der Waals surface area contributed by atoms with Crippen LogP contribution in [0.1, 0.15) is 33.6 Å². The molecule has 0 aromatic carbocycles. The summed E-state index contributed by atoms with van der Waals surface area (Å²) in [6, 6.07) is 0. The van der Waals surface area contributed by atoms with Gasteiger partial charge in [0.15, 0.2) is 0 Å². The summed E-state index contributed by atoms with van der Waals surface area (Å²) in [5.41, 5.74) is 0.203. The fourth-order valence-electron chi connectivity index (χ4n) is 1.42. The number of allylic oxidation sites excluding steroid dienone is 1. The lowest BCUT2D eigenvalue weighted by Gasteiger charge is -2.24. The molecule has 0 spiro atoms. The molecule has 0 radical (unpaired) electrons. The van der Waals surface area contributed by atoms with Crippen molar-refractivity contribution in [2.24, 2.45) is 4.99 Å². The molecule has 1 aliphatic heterocycles. The molecule has 1 heterocycles. The SMILES string of the molecule is C/C=C\C1=NCCCC(C)(C)N1. The largest absolute Gasteiger partial charge is 0.366 e. The van der Waals surface area contributed by atoms with Crippen LogP contribution in [0.3, 0.4) is 0 Å². The van der Waals surface area contributed by atoms with E-state index in [1.54, 1.807) is 0 Å². The third-order valence-corrected chi connectivity index (χ3v) is 2.03. The number of hydrogen-bond donors (Lipinski definition) is 1. The van der Waals surface area contributed by atoms with Gasteiger partial charge in [0.2, 0.25) is 0 Å². The molecule has 0 aromatic rings. The van der Waals surface area contributed by atoms with Crippen molar-refractivity contribution in [3.05, 3.63) is 12.2 Å². The molecule has 0 atom stereocenters. The second kappa shape index (κ2) is 3.74. The van der Waals surface area contributed by atoms with Gasteiger partial charge in [-0.3, -0.25) is 4.99 Å². The minimum Gasteiger partial charge on any atom is -0.366 e. The molecule has 0 fully saturated rings. The Morgan fingerprint density at radius 1 is 1.50 bits per heavy atom. The van der Waals surface area contributed by atoms with E-state index < -0.39 is 0 Å². The highest BCUT2D eigenvalue weighted by Gasteiger charge is 2.19. The molecule has 1 aliphatic rings. The molecule has 2 nitrogen and oxygen atoms in total. The molecule has 1 rings (SSSR count). The fourth-order valence-corrected chi connectivity index (χ4v) is 1.42. The number of aliphatic imine (C=N–C) groups is 1. The molecule has 12 heavy (non-hydrogen) atoms. The average molecular weight is 166 g/mol. The monoisotopic (exact) mass is 166 g/mol. The third-order valence-electron chi connectivity index (χ3n) is 2.03. The van der Waals surface area contributed by atoms with E-state index in [-0.39, 0.29) is 5.54 Å². The summed E-state index contributed by atoms with van der Waals surface area (Å²) in [7, 11) is 0. The minimum absolute atomic E-state index is 0.203. The molecule has 0 unspecified atom stereocenters. The van der Waals surface area contributed by atoms with Crippen LogP contribution in [0.5, 0.6) is 0 Å². The third kappa shape index (κ3) is 2.68. The number of rotatable bonds is 1. The van der Waals surface area contributed by atoms with Gasteiger partial charge in [-0.05, 0) is 39.7 Å². The van der Waals surface area contributed by atoms with E-state index in [0.29, 0.717) is 0 Å². The van der Waals surface area contributed by atoms with Crippen molar-refractivity contribution in [3.63, 3.8) is 0 Å². The summed E-state index contributed by atoms with van der Waals surface area (Å²) in [5, 5.41) is 3.42. The van der Waals surface area contributed by atoms with Crippen molar-refractivity contribution in [2.45, 2.75) is 39.2 Å². The molecule has 0 aliphatic carbocycles. The van der Waals surface area contributed by atoms with Gasteiger partial charge in [0.1, 0.15) is 5.84 Å². The Balaban J connectivity index is 2.67.